The molecule has 0 bridgehead atoms. The lowest BCUT2D eigenvalue weighted by Gasteiger charge is -2.10. The van der Waals surface area contributed by atoms with Crippen molar-refractivity contribution in [3.05, 3.63) is 59.4 Å². The first-order valence-electron chi connectivity index (χ1n) is 7.82. The van der Waals surface area contributed by atoms with Gasteiger partial charge >= 0.3 is 0 Å². The first kappa shape index (κ1) is 17.4. The van der Waals surface area contributed by atoms with Gasteiger partial charge in [0, 0.05) is 25.4 Å². The molecule has 4 nitrogen and oxygen atoms in total. The van der Waals surface area contributed by atoms with E-state index in [-0.39, 0.29) is 16.6 Å². The van der Waals surface area contributed by atoms with Crippen LogP contribution in [0.25, 0.3) is 17.2 Å². The number of carbonyl (C=O) groups is 1. The SMILES string of the molecule is CN1CC/C(=C/c2ccc(S(C)(=O)=O)cc2-c2ccc(F)cc2)C1=O. The van der Waals surface area contributed by atoms with Crippen molar-refractivity contribution in [3.8, 4) is 11.1 Å². The zero-order valence-corrected chi connectivity index (χ0v) is 14.8. The molecule has 1 fully saturated rings. The number of rotatable bonds is 3. The molecule has 0 atom stereocenters. The molecule has 0 aromatic heterocycles. The van der Waals surface area contributed by atoms with E-state index in [1.54, 1.807) is 42.3 Å². The Hall–Kier alpha value is -2.47. The molecule has 0 unspecified atom stereocenters. The minimum atomic E-state index is -3.37. The molecule has 2 aromatic rings. The average molecular weight is 359 g/mol. The molecule has 0 radical (unpaired) electrons. The summed E-state index contributed by atoms with van der Waals surface area (Å²) in [6.45, 7) is 0.665. The number of likely N-dealkylation sites (N-methyl/N-ethyl adjacent to an activating group) is 1. The summed E-state index contributed by atoms with van der Waals surface area (Å²) in [4.78, 5) is 14.0. The van der Waals surface area contributed by atoms with Crippen molar-refractivity contribution in [2.45, 2.75) is 11.3 Å². The largest absolute Gasteiger partial charge is 0.342 e. The second-order valence-electron chi connectivity index (χ2n) is 6.17. The topological polar surface area (TPSA) is 54.5 Å². The van der Waals surface area contributed by atoms with Gasteiger partial charge in [-0.2, -0.15) is 0 Å². The molecular weight excluding hydrogens is 341 g/mol. The molecule has 3 rings (SSSR count). The summed E-state index contributed by atoms with van der Waals surface area (Å²) < 4.78 is 37.0. The van der Waals surface area contributed by atoms with E-state index in [1.807, 2.05) is 0 Å². The maximum Gasteiger partial charge on any atom is 0.249 e. The number of sulfone groups is 1. The van der Waals surface area contributed by atoms with Crippen LogP contribution in [0, 0.1) is 5.82 Å². The summed E-state index contributed by atoms with van der Waals surface area (Å²) in [5.74, 6) is -0.396. The van der Waals surface area contributed by atoms with Crippen molar-refractivity contribution in [2.75, 3.05) is 19.8 Å². The van der Waals surface area contributed by atoms with E-state index in [9.17, 15) is 17.6 Å². The Balaban J connectivity index is 2.16. The van der Waals surface area contributed by atoms with E-state index in [2.05, 4.69) is 0 Å². The Morgan fingerprint density at radius 2 is 1.80 bits per heavy atom. The van der Waals surface area contributed by atoms with Gasteiger partial charge in [-0.05, 0) is 53.5 Å². The van der Waals surface area contributed by atoms with Crippen LogP contribution in [0.2, 0.25) is 0 Å². The molecular formula is C19H18FNO3S. The number of benzene rings is 2. The van der Waals surface area contributed by atoms with Crippen LogP contribution in [0.4, 0.5) is 4.39 Å². The highest BCUT2D eigenvalue weighted by molar-refractivity contribution is 7.90. The highest BCUT2D eigenvalue weighted by Gasteiger charge is 2.23. The molecule has 1 saturated heterocycles. The first-order chi connectivity index (χ1) is 11.8. The minimum Gasteiger partial charge on any atom is -0.342 e. The molecule has 6 heteroatoms. The zero-order chi connectivity index (χ0) is 18.2. The number of hydrogen-bond donors (Lipinski definition) is 0. The van der Waals surface area contributed by atoms with E-state index in [1.165, 1.54) is 18.2 Å². The number of likely N-dealkylation sites (tertiary alicyclic amines) is 1. The summed E-state index contributed by atoms with van der Waals surface area (Å²) >= 11 is 0. The monoisotopic (exact) mass is 359 g/mol. The van der Waals surface area contributed by atoms with E-state index >= 15 is 0 Å². The van der Waals surface area contributed by atoms with Gasteiger partial charge in [0.2, 0.25) is 5.91 Å². The molecule has 25 heavy (non-hydrogen) atoms. The Kier molecular flexibility index (Phi) is 4.47. The zero-order valence-electron chi connectivity index (χ0n) is 14.0. The van der Waals surface area contributed by atoms with Crippen molar-refractivity contribution in [2.24, 2.45) is 0 Å². The lowest BCUT2D eigenvalue weighted by Crippen LogP contribution is -2.18. The molecule has 0 aliphatic carbocycles. The fraction of sp³-hybridized carbons (Fsp3) is 0.211. The van der Waals surface area contributed by atoms with Gasteiger partial charge in [0.05, 0.1) is 4.90 Å². The van der Waals surface area contributed by atoms with E-state index in [0.29, 0.717) is 29.7 Å². The van der Waals surface area contributed by atoms with Crippen LogP contribution in [0.5, 0.6) is 0 Å². The third-order valence-corrected chi connectivity index (χ3v) is 5.39. The molecule has 1 aliphatic heterocycles. The Bertz CT molecular complexity index is 963. The smallest absolute Gasteiger partial charge is 0.249 e. The molecule has 0 spiro atoms. The van der Waals surface area contributed by atoms with Crippen molar-refractivity contribution in [1.29, 1.82) is 0 Å². The van der Waals surface area contributed by atoms with Gasteiger partial charge in [0.25, 0.3) is 0 Å². The van der Waals surface area contributed by atoms with Gasteiger partial charge in [-0.1, -0.05) is 18.2 Å². The molecule has 130 valence electrons. The van der Waals surface area contributed by atoms with E-state index < -0.39 is 9.84 Å². The summed E-state index contributed by atoms with van der Waals surface area (Å²) in [6.07, 6.45) is 3.58. The normalized spacial score (nSPS) is 16.7. The summed E-state index contributed by atoms with van der Waals surface area (Å²) in [7, 11) is -1.63. The van der Waals surface area contributed by atoms with Crippen LogP contribution in [0.3, 0.4) is 0 Å². The second-order valence-corrected chi connectivity index (χ2v) is 8.19. The van der Waals surface area contributed by atoms with E-state index in [0.717, 1.165) is 11.8 Å². The average Bonchev–Trinajstić information content (AvgIpc) is 2.87. The van der Waals surface area contributed by atoms with Crippen LogP contribution in [-0.2, 0) is 14.6 Å². The van der Waals surface area contributed by atoms with Gasteiger partial charge in [0.1, 0.15) is 5.82 Å². The van der Waals surface area contributed by atoms with Crippen LogP contribution in [0.1, 0.15) is 12.0 Å². The summed E-state index contributed by atoms with van der Waals surface area (Å²) in [6, 6.07) is 10.6. The number of hydrogen-bond acceptors (Lipinski definition) is 3. The van der Waals surface area contributed by atoms with Crippen molar-refractivity contribution < 1.29 is 17.6 Å². The number of halogens is 1. The van der Waals surface area contributed by atoms with Crippen LogP contribution >= 0.6 is 0 Å². The molecule has 1 aliphatic rings. The highest BCUT2D eigenvalue weighted by atomic mass is 32.2. The number of nitrogens with zero attached hydrogens (tertiary/aromatic N) is 1. The lowest BCUT2D eigenvalue weighted by atomic mass is 9.97. The van der Waals surface area contributed by atoms with Crippen LogP contribution in [0.15, 0.2) is 52.9 Å². The van der Waals surface area contributed by atoms with Crippen molar-refractivity contribution in [1.82, 2.24) is 4.90 Å². The summed E-state index contributed by atoms with van der Waals surface area (Å²) in [5.41, 5.74) is 2.76. The predicted octanol–water partition coefficient (Wildman–Crippen LogP) is 3.14. The molecule has 0 saturated carbocycles. The standard InChI is InChI=1S/C19H18FNO3S/c1-21-10-9-15(19(21)22)11-14-5-8-17(25(2,23)24)12-18(14)13-3-6-16(20)7-4-13/h3-8,11-12H,9-10H2,1-2H3/b15-11-. The first-order valence-corrected chi connectivity index (χ1v) is 9.71. The van der Waals surface area contributed by atoms with Gasteiger partial charge in [-0.15, -0.1) is 0 Å². The fourth-order valence-corrected chi connectivity index (χ4v) is 3.48. The van der Waals surface area contributed by atoms with Gasteiger partial charge < -0.3 is 4.90 Å². The third-order valence-electron chi connectivity index (χ3n) is 4.28. The maximum atomic E-state index is 13.2. The molecule has 1 heterocycles. The highest BCUT2D eigenvalue weighted by Crippen LogP contribution is 2.30. The Morgan fingerprint density at radius 3 is 2.36 bits per heavy atom. The Labute approximate surface area is 146 Å². The van der Waals surface area contributed by atoms with Crippen molar-refractivity contribution in [3.63, 3.8) is 0 Å². The van der Waals surface area contributed by atoms with Gasteiger partial charge in [0.15, 0.2) is 9.84 Å². The Morgan fingerprint density at radius 1 is 1.12 bits per heavy atom. The number of carbonyl (C=O) groups excluding carboxylic acids is 1. The second kappa shape index (κ2) is 6.44. The fourth-order valence-electron chi connectivity index (χ4n) is 2.83. The lowest BCUT2D eigenvalue weighted by molar-refractivity contribution is -0.123. The summed E-state index contributed by atoms with van der Waals surface area (Å²) in [5, 5.41) is 0. The molecule has 2 aromatic carbocycles. The van der Waals surface area contributed by atoms with Crippen LogP contribution < -0.4 is 0 Å². The number of amides is 1. The van der Waals surface area contributed by atoms with Gasteiger partial charge in [-0.3, -0.25) is 4.79 Å². The molecule has 0 N–H and O–H groups in total. The van der Waals surface area contributed by atoms with Crippen LogP contribution in [-0.4, -0.2) is 39.1 Å². The maximum absolute atomic E-state index is 13.2. The predicted molar refractivity (Wildman–Crippen MR) is 95.2 cm³/mol. The third kappa shape index (κ3) is 3.64. The molecule has 1 amide bonds. The van der Waals surface area contributed by atoms with Gasteiger partial charge in [-0.25, -0.2) is 12.8 Å². The quantitative estimate of drug-likeness (QED) is 0.791. The van der Waals surface area contributed by atoms with E-state index in [4.69, 9.17) is 0 Å². The van der Waals surface area contributed by atoms with Crippen molar-refractivity contribution >= 4 is 21.8 Å². The minimum absolute atomic E-state index is 0.0303.